The molecule has 2 aromatic carbocycles. The van der Waals surface area contributed by atoms with Crippen LogP contribution in [0.3, 0.4) is 0 Å². The third-order valence-corrected chi connectivity index (χ3v) is 4.13. The number of hydrogen-bond donors (Lipinski definition) is 2. The summed E-state index contributed by atoms with van der Waals surface area (Å²) in [5, 5.41) is 24.3. The molecule has 0 fully saturated rings. The van der Waals surface area contributed by atoms with Crippen LogP contribution in [0.15, 0.2) is 42.5 Å². The maximum absolute atomic E-state index is 10.9. The van der Waals surface area contributed by atoms with Gasteiger partial charge in [-0.25, -0.2) is 4.79 Å². The smallest absolute Gasteiger partial charge is 0.335 e. The van der Waals surface area contributed by atoms with Crippen molar-refractivity contribution < 1.29 is 9.90 Å². The Hall–Kier alpha value is -3.22. The number of hydrogen-bond acceptors (Lipinski definition) is 5. The van der Waals surface area contributed by atoms with E-state index >= 15 is 0 Å². The largest absolute Gasteiger partial charge is 0.478 e. The Kier molecular flexibility index (Phi) is 4.97. The molecule has 0 saturated carbocycles. The fraction of sp³-hybridized carbons (Fsp3) is 0.263. The number of aromatic nitrogens is 4. The van der Waals surface area contributed by atoms with Crippen LogP contribution in [-0.2, 0) is 6.54 Å². The first-order valence-corrected chi connectivity index (χ1v) is 8.41. The molecule has 0 atom stereocenters. The Morgan fingerprint density at radius 3 is 2.54 bits per heavy atom. The van der Waals surface area contributed by atoms with Crippen molar-refractivity contribution >= 4 is 11.7 Å². The number of carbonyl (C=O) groups is 1. The van der Waals surface area contributed by atoms with Crippen LogP contribution in [0.5, 0.6) is 0 Å². The van der Waals surface area contributed by atoms with Crippen LogP contribution in [0.4, 0.5) is 5.69 Å². The molecule has 0 bridgehead atoms. The van der Waals surface area contributed by atoms with E-state index in [0.29, 0.717) is 6.54 Å². The van der Waals surface area contributed by atoms with Gasteiger partial charge < -0.3 is 10.4 Å². The molecule has 1 aromatic heterocycles. The van der Waals surface area contributed by atoms with Crippen LogP contribution in [0, 0.1) is 6.92 Å². The van der Waals surface area contributed by atoms with Crippen molar-refractivity contribution in [2.45, 2.75) is 33.2 Å². The Morgan fingerprint density at radius 1 is 1.19 bits per heavy atom. The van der Waals surface area contributed by atoms with E-state index in [1.54, 1.807) is 16.8 Å². The van der Waals surface area contributed by atoms with E-state index in [-0.39, 0.29) is 11.5 Å². The Bertz CT molecular complexity index is 916. The maximum atomic E-state index is 10.9. The summed E-state index contributed by atoms with van der Waals surface area (Å²) in [6, 6.07) is 12.9. The van der Waals surface area contributed by atoms with Crippen molar-refractivity contribution in [1.29, 1.82) is 0 Å². The number of anilines is 1. The zero-order valence-electron chi connectivity index (χ0n) is 15.0. The lowest BCUT2D eigenvalue weighted by atomic mass is 10.1. The number of aryl methyl sites for hydroxylation is 1. The molecule has 7 nitrogen and oxygen atoms in total. The van der Waals surface area contributed by atoms with Crippen LogP contribution in [0.1, 0.15) is 47.1 Å². The average molecular weight is 351 g/mol. The minimum absolute atomic E-state index is 0.232. The van der Waals surface area contributed by atoms with Crippen molar-refractivity contribution in [3.63, 3.8) is 0 Å². The standard InChI is InChI=1S/C19H21N5O2/c1-12(2)18-21-22-23-24(18)17-9-8-16(10-13(17)3)20-11-14-4-6-15(7-5-14)19(25)26/h4-10,12,20H,11H2,1-3H3,(H,25,26). The Morgan fingerprint density at radius 2 is 1.92 bits per heavy atom. The van der Waals surface area contributed by atoms with Crippen molar-refractivity contribution in [2.75, 3.05) is 5.32 Å². The predicted molar refractivity (Wildman–Crippen MR) is 98.7 cm³/mol. The van der Waals surface area contributed by atoms with E-state index in [1.165, 1.54) is 0 Å². The van der Waals surface area contributed by atoms with E-state index in [4.69, 9.17) is 5.11 Å². The van der Waals surface area contributed by atoms with Crippen molar-refractivity contribution in [2.24, 2.45) is 0 Å². The molecule has 7 heteroatoms. The summed E-state index contributed by atoms with van der Waals surface area (Å²) < 4.78 is 1.77. The van der Waals surface area contributed by atoms with Gasteiger partial charge in [0.25, 0.3) is 0 Å². The molecule has 3 aromatic rings. The first-order valence-electron chi connectivity index (χ1n) is 8.41. The molecule has 0 spiro atoms. The monoisotopic (exact) mass is 351 g/mol. The van der Waals surface area contributed by atoms with E-state index in [2.05, 4.69) is 34.7 Å². The molecule has 26 heavy (non-hydrogen) atoms. The zero-order chi connectivity index (χ0) is 18.7. The lowest BCUT2D eigenvalue weighted by Gasteiger charge is -2.12. The number of nitrogens with one attached hydrogen (secondary N) is 1. The van der Waals surface area contributed by atoms with Crippen LogP contribution in [0.25, 0.3) is 5.69 Å². The summed E-state index contributed by atoms with van der Waals surface area (Å²) in [4.78, 5) is 10.9. The van der Waals surface area contributed by atoms with Gasteiger partial charge in [0.2, 0.25) is 0 Å². The zero-order valence-corrected chi connectivity index (χ0v) is 15.0. The SMILES string of the molecule is Cc1cc(NCc2ccc(C(=O)O)cc2)ccc1-n1nnnc1C(C)C. The molecule has 0 amide bonds. The van der Waals surface area contributed by atoms with Crippen LogP contribution < -0.4 is 5.32 Å². The summed E-state index contributed by atoms with van der Waals surface area (Å²) in [6.45, 7) is 6.75. The van der Waals surface area contributed by atoms with Gasteiger partial charge in [-0.2, -0.15) is 4.68 Å². The van der Waals surface area contributed by atoms with Gasteiger partial charge in [0.05, 0.1) is 11.3 Å². The summed E-state index contributed by atoms with van der Waals surface area (Å²) in [7, 11) is 0. The minimum Gasteiger partial charge on any atom is -0.478 e. The molecule has 0 saturated heterocycles. The Balaban J connectivity index is 1.73. The fourth-order valence-corrected chi connectivity index (χ4v) is 2.70. The first-order chi connectivity index (χ1) is 12.5. The molecule has 2 N–H and O–H groups in total. The molecule has 134 valence electrons. The number of benzene rings is 2. The van der Waals surface area contributed by atoms with Gasteiger partial charge in [0, 0.05) is 18.2 Å². The number of tetrazole rings is 1. The van der Waals surface area contributed by atoms with Gasteiger partial charge in [-0.1, -0.05) is 26.0 Å². The summed E-state index contributed by atoms with van der Waals surface area (Å²) in [6.07, 6.45) is 0. The van der Waals surface area contributed by atoms with Gasteiger partial charge >= 0.3 is 5.97 Å². The highest BCUT2D eigenvalue weighted by Crippen LogP contribution is 2.22. The summed E-state index contributed by atoms with van der Waals surface area (Å²) in [5.74, 6) is 0.141. The Labute approximate surface area is 151 Å². The highest BCUT2D eigenvalue weighted by molar-refractivity contribution is 5.87. The van der Waals surface area contributed by atoms with Crippen molar-refractivity contribution in [3.8, 4) is 5.69 Å². The average Bonchev–Trinajstić information content (AvgIpc) is 3.10. The lowest BCUT2D eigenvalue weighted by Crippen LogP contribution is -2.07. The molecule has 0 aliphatic rings. The quantitative estimate of drug-likeness (QED) is 0.707. The first kappa shape index (κ1) is 17.6. The van der Waals surface area contributed by atoms with E-state index < -0.39 is 5.97 Å². The molecule has 0 aliphatic heterocycles. The van der Waals surface area contributed by atoms with Gasteiger partial charge in [0.1, 0.15) is 0 Å². The number of carboxylic acids is 1. The number of aromatic carboxylic acids is 1. The number of rotatable bonds is 6. The van der Waals surface area contributed by atoms with Crippen LogP contribution >= 0.6 is 0 Å². The maximum Gasteiger partial charge on any atom is 0.335 e. The van der Waals surface area contributed by atoms with Crippen molar-refractivity contribution in [1.82, 2.24) is 20.2 Å². The van der Waals surface area contributed by atoms with E-state index in [1.807, 2.05) is 37.3 Å². The molecular formula is C19H21N5O2. The van der Waals surface area contributed by atoms with Crippen LogP contribution in [0.2, 0.25) is 0 Å². The second-order valence-electron chi connectivity index (χ2n) is 6.46. The third-order valence-electron chi connectivity index (χ3n) is 4.13. The molecule has 0 aliphatic carbocycles. The fourth-order valence-electron chi connectivity index (χ4n) is 2.70. The molecule has 0 unspecified atom stereocenters. The van der Waals surface area contributed by atoms with E-state index in [9.17, 15) is 4.79 Å². The van der Waals surface area contributed by atoms with Gasteiger partial charge in [0.15, 0.2) is 5.82 Å². The number of carboxylic acid groups (broad SMARTS) is 1. The van der Waals surface area contributed by atoms with E-state index in [0.717, 1.165) is 28.3 Å². The highest BCUT2D eigenvalue weighted by Gasteiger charge is 2.13. The molecule has 0 radical (unpaired) electrons. The second kappa shape index (κ2) is 7.35. The third kappa shape index (κ3) is 3.72. The second-order valence-corrected chi connectivity index (χ2v) is 6.46. The molecule has 1 heterocycles. The highest BCUT2D eigenvalue weighted by atomic mass is 16.4. The molecule has 3 rings (SSSR count). The summed E-state index contributed by atoms with van der Waals surface area (Å²) >= 11 is 0. The van der Waals surface area contributed by atoms with Crippen LogP contribution in [-0.4, -0.2) is 31.3 Å². The van der Waals surface area contributed by atoms with Gasteiger partial charge in [-0.3, -0.25) is 0 Å². The topological polar surface area (TPSA) is 92.9 Å². The van der Waals surface area contributed by atoms with Gasteiger partial charge in [-0.05, 0) is 58.8 Å². The lowest BCUT2D eigenvalue weighted by molar-refractivity contribution is 0.0697. The number of nitrogens with zero attached hydrogens (tertiary/aromatic N) is 4. The summed E-state index contributed by atoms with van der Waals surface area (Å²) in [5.41, 5.74) is 4.30. The molecular weight excluding hydrogens is 330 g/mol. The predicted octanol–water partition coefficient (Wildman–Crippen LogP) is 3.40. The van der Waals surface area contributed by atoms with Gasteiger partial charge in [-0.15, -0.1) is 5.10 Å². The van der Waals surface area contributed by atoms with Crippen molar-refractivity contribution in [3.05, 3.63) is 65.0 Å². The normalized spacial score (nSPS) is 10.9. The minimum atomic E-state index is -0.918.